The average Bonchev–Trinajstić information content (AvgIpc) is 2.70. The van der Waals surface area contributed by atoms with Gasteiger partial charge in [-0.3, -0.25) is 15.2 Å². The number of aromatic nitrogens is 5. The molecular weight excluding hydrogens is 220 g/mol. The van der Waals surface area contributed by atoms with Gasteiger partial charge >= 0.3 is 0 Å². The van der Waals surface area contributed by atoms with Gasteiger partial charge in [-0.25, -0.2) is 15.0 Å². The highest BCUT2D eigenvalue weighted by Gasteiger charge is 2.10. The molecule has 0 radical (unpaired) electrons. The lowest BCUT2D eigenvalue weighted by Crippen LogP contribution is -2.15. The van der Waals surface area contributed by atoms with E-state index in [0.717, 1.165) is 0 Å². The number of carbonyl (C=O) groups is 1. The summed E-state index contributed by atoms with van der Waals surface area (Å²) in [4.78, 5) is 22.7. The van der Waals surface area contributed by atoms with Gasteiger partial charge in [0.25, 0.3) is 5.91 Å². The summed E-state index contributed by atoms with van der Waals surface area (Å²) < 4.78 is 0. The van der Waals surface area contributed by atoms with Gasteiger partial charge in [0.1, 0.15) is 11.5 Å². The number of aromatic amines is 1. The van der Waals surface area contributed by atoms with Crippen molar-refractivity contribution in [3.8, 4) is 0 Å². The molecule has 0 aliphatic heterocycles. The molecule has 8 heteroatoms. The maximum absolute atomic E-state index is 11.4. The summed E-state index contributed by atoms with van der Waals surface area (Å²) in [7, 11) is 0. The van der Waals surface area contributed by atoms with E-state index < -0.39 is 5.91 Å². The minimum atomic E-state index is -0.477. The number of nitrogens with one attached hydrogen (secondary N) is 2. The zero-order valence-electron chi connectivity index (χ0n) is 7.31. The third-order valence-corrected chi connectivity index (χ3v) is 1.69. The van der Waals surface area contributed by atoms with Crippen LogP contribution in [0.1, 0.15) is 10.6 Å². The molecule has 0 bridgehead atoms. The Hall–Kier alpha value is -2.02. The van der Waals surface area contributed by atoms with Crippen molar-refractivity contribution < 1.29 is 4.79 Å². The van der Waals surface area contributed by atoms with E-state index in [4.69, 9.17) is 11.6 Å². The molecule has 0 aliphatic carbocycles. The number of rotatable bonds is 2. The summed E-state index contributed by atoms with van der Waals surface area (Å²) in [6.45, 7) is 0. The van der Waals surface area contributed by atoms with Gasteiger partial charge in [0, 0.05) is 6.20 Å². The van der Waals surface area contributed by atoms with E-state index in [-0.39, 0.29) is 16.9 Å². The Bertz CT molecular complexity index is 470. The van der Waals surface area contributed by atoms with Gasteiger partial charge in [-0.15, -0.1) is 0 Å². The minimum Gasteiger partial charge on any atom is -0.288 e. The first-order valence-corrected chi connectivity index (χ1v) is 4.29. The van der Waals surface area contributed by atoms with Crippen molar-refractivity contribution in [1.82, 2.24) is 25.1 Å². The van der Waals surface area contributed by atoms with Crippen LogP contribution in [0, 0.1) is 0 Å². The Morgan fingerprint density at radius 1 is 1.47 bits per heavy atom. The highest BCUT2D eigenvalue weighted by atomic mass is 35.5. The second-order valence-electron chi connectivity index (χ2n) is 2.49. The summed E-state index contributed by atoms with van der Waals surface area (Å²) >= 11 is 5.62. The molecule has 7 nitrogen and oxygen atoms in total. The molecule has 0 unspecified atom stereocenters. The third kappa shape index (κ3) is 2.26. The number of halogens is 1. The van der Waals surface area contributed by atoms with E-state index in [1.807, 2.05) is 0 Å². The van der Waals surface area contributed by atoms with Gasteiger partial charge < -0.3 is 0 Å². The van der Waals surface area contributed by atoms with E-state index in [1.54, 1.807) is 0 Å². The predicted molar refractivity (Wildman–Crippen MR) is 51.4 cm³/mol. The van der Waals surface area contributed by atoms with Gasteiger partial charge in [0.15, 0.2) is 0 Å². The van der Waals surface area contributed by atoms with Crippen LogP contribution >= 0.6 is 11.6 Å². The molecule has 2 N–H and O–H groups in total. The Balaban J connectivity index is 2.13. The molecule has 2 aromatic heterocycles. The standard InChI is InChI=1S/C7H5ClN6O/c8-4-1-2-9-7(12-4)13-6(15)5-10-3-11-14-5/h1-3H,(H,10,11,14)(H,9,12,13,15). The van der Waals surface area contributed by atoms with Crippen molar-refractivity contribution in [2.45, 2.75) is 0 Å². The summed E-state index contributed by atoms with van der Waals surface area (Å²) in [5, 5.41) is 8.60. The topological polar surface area (TPSA) is 96.5 Å². The van der Waals surface area contributed by atoms with Crippen LogP contribution < -0.4 is 5.32 Å². The Morgan fingerprint density at radius 3 is 3.00 bits per heavy atom. The molecule has 0 atom stereocenters. The van der Waals surface area contributed by atoms with Gasteiger partial charge in [0.2, 0.25) is 11.8 Å². The molecule has 2 rings (SSSR count). The third-order valence-electron chi connectivity index (χ3n) is 1.48. The van der Waals surface area contributed by atoms with Crippen molar-refractivity contribution >= 4 is 23.5 Å². The Kier molecular flexibility index (Phi) is 2.55. The monoisotopic (exact) mass is 224 g/mol. The molecule has 0 saturated carbocycles. The number of anilines is 1. The molecule has 15 heavy (non-hydrogen) atoms. The number of H-pyrrole nitrogens is 1. The highest BCUT2D eigenvalue weighted by molar-refractivity contribution is 6.29. The predicted octanol–water partition coefficient (Wildman–Crippen LogP) is 0.500. The number of amides is 1. The molecule has 76 valence electrons. The van der Waals surface area contributed by atoms with E-state index >= 15 is 0 Å². The van der Waals surface area contributed by atoms with Crippen molar-refractivity contribution in [2.75, 3.05) is 5.32 Å². The molecule has 1 amide bonds. The zero-order chi connectivity index (χ0) is 10.7. The molecule has 0 spiro atoms. The summed E-state index contributed by atoms with van der Waals surface area (Å²) in [5.74, 6) is -0.280. The van der Waals surface area contributed by atoms with Gasteiger partial charge in [-0.1, -0.05) is 11.6 Å². The fraction of sp³-hybridized carbons (Fsp3) is 0. The van der Waals surface area contributed by atoms with E-state index in [9.17, 15) is 4.79 Å². The van der Waals surface area contributed by atoms with Crippen molar-refractivity contribution in [3.63, 3.8) is 0 Å². The lowest BCUT2D eigenvalue weighted by Gasteiger charge is -1.99. The molecule has 2 aromatic rings. The highest BCUT2D eigenvalue weighted by Crippen LogP contribution is 2.06. The minimum absolute atomic E-state index is 0.0820. The maximum Gasteiger partial charge on any atom is 0.295 e. The van der Waals surface area contributed by atoms with Crippen molar-refractivity contribution in [3.05, 3.63) is 29.6 Å². The first-order valence-electron chi connectivity index (χ1n) is 3.91. The Morgan fingerprint density at radius 2 is 2.33 bits per heavy atom. The Labute approximate surface area is 88.9 Å². The van der Waals surface area contributed by atoms with Crippen LogP contribution in [-0.4, -0.2) is 31.1 Å². The summed E-state index contributed by atoms with van der Waals surface area (Å²) in [6, 6.07) is 1.51. The van der Waals surface area contributed by atoms with E-state index in [0.29, 0.717) is 0 Å². The van der Waals surface area contributed by atoms with Gasteiger partial charge in [0.05, 0.1) is 0 Å². The summed E-state index contributed by atoms with van der Waals surface area (Å²) in [6.07, 6.45) is 2.67. The zero-order valence-corrected chi connectivity index (χ0v) is 8.06. The molecule has 0 aliphatic rings. The average molecular weight is 225 g/mol. The lowest BCUT2D eigenvalue weighted by molar-refractivity contribution is 0.101. The van der Waals surface area contributed by atoms with Crippen LogP contribution in [0.4, 0.5) is 5.95 Å². The van der Waals surface area contributed by atoms with Gasteiger partial charge in [-0.05, 0) is 6.07 Å². The van der Waals surface area contributed by atoms with Gasteiger partial charge in [-0.2, -0.15) is 5.10 Å². The fourth-order valence-corrected chi connectivity index (χ4v) is 1.01. The number of hydrogen-bond acceptors (Lipinski definition) is 5. The number of carbonyl (C=O) groups excluding carboxylic acids is 1. The normalized spacial score (nSPS) is 9.93. The van der Waals surface area contributed by atoms with E-state index in [1.165, 1.54) is 18.6 Å². The van der Waals surface area contributed by atoms with Crippen molar-refractivity contribution in [2.24, 2.45) is 0 Å². The van der Waals surface area contributed by atoms with Crippen LogP contribution in [0.5, 0.6) is 0 Å². The molecule has 0 fully saturated rings. The van der Waals surface area contributed by atoms with Crippen LogP contribution in [0.25, 0.3) is 0 Å². The second kappa shape index (κ2) is 4.01. The smallest absolute Gasteiger partial charge is 0.288 e. The number of nitrogens with zero attached hydrogens (tertiary/aromatic N) is 4. The van der Waals surface area contributed by atoms with Crippen LogP contribution in [0.2, 0.25) is 5.15 Å². The number of hydrogen-bond donors (Lipinski definition) is 2. The first kappa shape index (κ1) is 9.53. The lowest BCUT2D eigenvalue weighted by atomic mass is 10.5. The van der Waals surface area contributed by atoms with Crippen LogP contribution in [0.15, 0.2) is 18.6 Å². The quantitative estimate of drug-likeness (QED) is 0.724. The van der Waals surface area contributed by atoms with Crippen molar-refractivity contribution in [1.29, 1.82) is 0 Å². The first-order chi connectivity index (χ1) is 7.25. The fourth-order valence-electron chi connectivity index (χ4n) is 0.873. The second-order valence-corrected chi connectivity index (χ2v) is 2.88. The van der Waals surface area contributed by atoms with Crippen LogP contribution in [0.3, 0.4) is 0 Å². The molecule has 2 heterocycles. The molecule has 0 saturated heterocycles. The van der Waals surface area contributed by atoms with E-state index in [2.05, 4.69) is 30.5 Å². The largest absolute Gasteiger partial charge is 0.295 e. The SMILES string of the molecule is O=C(Nc1nccc(Cl)n1)c1ncn[nH]1. The molecular formula is C7H5ClN6O. The summed E-state index contributed by atoms with van der Waals surface area (Å²) in [5.41, 5.74) is 0. The maximum atomic E-state index is 11.4. The molecule has 0 aromatic carbocycles. The van der Waals surface area contributed by atoms with Crippen LogP contribution in [-0.2, 0) is 0 Å².